The Morgan fingerprint density at radius 3 is 1.09 bits per heavy atom. The van der Waals surface area contributed by atoms with Crippen molar-refractivity contribution in [1.29, 1.82) is 0 Å². The number of aromatic nitrogens is 4. The standard InChI is InChI=1S/C41H46B2N4/c1-28-14-5-9-18-32(28)36(33-19-10-6-15-29(33)2)38(40-44-24-25-45-40)42-22-13-23-43-39(41-46-26-27-47-41)37(34-20-11-7-16-30(34)3)35-21-12-8-17-31(35)4/h5-12,14-21,24-27,36-39,42-43H,13,22-23H2,1-4H3,(H,44,45)(H,46,47). The molecule has 6 rings (SSSR count). The van der Waals surface area contributed by atoms with Crippen LogP contribution in [0.3, 0.4) is 0 Å². The highest BCUT2D eigenvalue weighted by molar-refractivity contribution is 6.40. The first-order valence-electron chi connectivity index (χ1n) is 17.2. The molecule has 2 atom stereocenters. The quantitative estimate of drug-likeness (QED) is 0.0949. The molecule has 47 heavy (non-hydrogen) atoms. The maximum atomic E-state index is 4.85. The Hall–Kier alpha value is -4.57. The van der Waals surface area contributed by atoms with Gasteiger partial charge < -0.3 is 9.97 Å². The molecule has 0 aliphatic rings. The maximum absolute atomic E-state index is 4.85. The average molecular weight is 616 g/mol. The molecule has 0 aliphatic heterocycles. The van der Waals surface area contributed by atoms with Crippen LogP contribution in [0.2, 0.25) is 12.6 Å². The Morgan fingerprint density at radius 1 is 0.489 bits per heavy atom. The Morgan fingerprint density at radius 2 is 0.809 bits per heavy atom. The smallest absolute Gasteiger partial charge is 0.135 e. The summed E-state index contributed by atoms with van der Waals surface area (Å²) in [6, 6.07) is 35.5. The average Bonchev–Trinajstić information content (AvgIpc) is 3.82. The van der Waals surface area contributed by atoms with Crippen molar-refractivity contribution >= 4 is 14.6 Å². The molecule has 6 aromatic rings. The van der Waals surface area contributed by atoms with Crippen LogP contribution in [-0.2, 0) is 0 Å². The second-order valence-corrected chi connectivity index (χ2v) is 13.2. The van der Waals surface area contributed by atoms with Crippen molar-refractivity contribution in [2.45, 2.75) is 70.2 Å². The van der Waals surface area contributed by atoms with E-state index >= 15 is 0 Å². The number of H-pyrrole nitrogens is 2. The number of aryl methyl sites for hydroxylation is 4. The highest BCUT2D eigenvalue weighted by atomic mass is 14.9. The molecule has 0 amide bonds. The topological polar surface area (TPSA) is 57.4 Å². The zero-order valence-corrected chi connectivity index (χ0v) is 28.3. The Bertz CT molecular complexity index is 1620. The van der Waals surface area contributed by atoms with Gasteiger partial charge in [0.05, 0.1) is 0 Å². The summed E-state index contributed by atoms with van der Waals surface area (Å²) < 4.78 is 0. The number of rotatable bonds is 14. The van der Waals surface area contributed by atoms with Crippen molar-refractivity contribution in [3.63, 3.8) is 0 Å². The third kappa shape index (κ3) is 7.38. The molecular formula is C41H46B2N4. The lowest BCUT2D eigenvalue weighted by atomic mass is 9.50. The molecule has 4 aromatic carbocycles. The van der Waals surface area contributed by atoms with Crippen LogP contribution in [0, 0.1) is 27.7 Å². The van der Waals surface area contributed by atoms with Crippen LogP contribution in [0.15, 0.2) is 122 Å². The molecule has 0 spiro atoms. The van der Waals surface area contributed by atoms with E-state index in [4.69, 9.17) is 9.97 Å². The van der Waals surface area contributed by atoms with Gasteiger partial charge in [0, 0.05) is 48.3 Å². The van der Waals surface area contributed by atoms with Crippen LogP contribution in [0.5, 0.6) is 0 Å². The molecule has 2 heterocycles. The van der Waals surface area contributed by atoms with Gasteiger partial charge in [-0.3, -0.25) is 0 Å². The van der Waals surface area contributed by atoms with Crippen LogP contribution in [0.25, 0.3) is 0 Å². The third-order valence-corrected chi connectivity index (χ3v) is 10.2. The van der Waals surface area contributed by atoms with Crippen LogP contribution >= 0.6 is 0 Å². The molecule has 2 aromatic heterocycles. The molecular weight excluding hydrogens is 570 g/mol. The highest BCUT2D eigenvalue weighted by Crippen LogP contribution is 2.42. The van der Waals surface area contributed by atoms with E-state index in [1.165, 1.54) is 44.5 Å². The number of nitrogens with one attached hydrogen (secondary N) is 2. The molecule has 2 unspecified atom stereocenters. The van der Waals surface area contributed by atoms with Crippen LogP contribution in [-0.4, -0.2) is 34.5 Å². The summed E-state index contributed by atoms with van der Waals surface area (Å²) in [6.45, 7) is 8.98. The van der Waals surface area contributed by atoms with Gasteiger partial charge in [0.1, 0.15) is 26.2 Å². The van der Waals surface area contributed by atoms with Gasteiger partial charge in [-0.1, -0.05) is 116 Å². The fourth-order valence-corrected chi connectivity index (χ4v) is 7.73. The van der Waals surface area contributed by atoms with Crippen molar-refractivity contribution in [3.05, 3.63) is 178 Å². The summed E-state index contributed by atoms with van der Waals surface area (Å²) in [5, 5.41) is 0. The Balaban J connectivity index is 1.25. The van der Waals surface area contributed by atoms with E-state index < -0.39 is 0 Å². The minimum atomic E-state index is 0.228. The van der Waals surface area contributed by atoms with Crippen LogP contribution in [0.4, 0.5) is 0 Å². The molecule has 4 nitrogen and oxygen atoms in total. The predicted octanol–water partition coefficient (Wildman–Crippen LogP) is 8.91. The fourth-order valence-electron chi connectivity index (χ4n) is 7.73. The van der Waals surface area contributed by atoms with E-state index in [1.54, 1.807) is 0 Å². The molecule has 2 N–H and O–H groups in total. The molecule has 0 fully saturated rings. The van der Waals surface area contributed by atoms with Gasteiger partial charge in [0.15, 0.2) is 0 Å². The molecule has 0 aliphatic carbocycles. The second-order valence-electron chi connectivity index (χ2n) is 13.2. The van der Waals surface area contributed by atoms with E-state index in [1.807, 2.05) is 24.8 Å². The van der Waals surface area contributed by atoms with Crippen LogP contribution < -0.4 is 0 Å². The summed E-state index contributed by atoms with van der Waals surface area (Å²) in [7, 11) is 2.12. The van der Waals surface area contributed by atoms with Gasteiger partial charge in [-0.2, -0.15) is 0 Å². The van der Waals surface area contributed by atoms with Crippen molar-refractivity contribution in [3.8, 4) is 0 Å². The minimum absolute atomic E-state index is 0.228. The SMILES string of the molecule is Cc1ccccc1C(c1ccccc1C)C(BCCCBC(c1ncc[nH]1)C(c1ccccc1C)c1ccccc1C)c1ncc[nH]1. The van der Waals surface area contributed by atoms with Crippen molar-refractivity contribution in [2.24, 2.45) is 0 Å². The zero-order chi connectivity index (χ0) is 32.6. The first-order chi connectivity index (χ1) is 23.0. The van der Waals surface area contributed by atoms with Crippen molar-refractivity contribution in [1.82, 2.24) is 19.9 Å². The maximum Gasteiger partial charge on any atom is 0.135 e. The van der Waals surface area contributed by atoms with Crippen LogP contribution in [0.1, 0.15) is 86.0 Å². The fraction of sp³-hybridized carbons (Fsp3) is 0.268. The number of benzene rings is 4. The van der Waals surface area contributed by atoms with E-state index in [2.05, 4.69) is 135 Å². The molecule has 0 saturated carbocycles. The van der Waals surface area contributed by atoms with E-state index in [-0.39, 0.29) is 23.5 Å². The lowest BCUT2D eigenvalue weighted by molar-refractivity contribution is 0.710. The molecule has 0 radical (unpaired) electrons. The lowest BCUT2D eigenvalue weighted by Gasteiger charge is -2.30. The number of hydrogen-bond acceptors (Lipinski definition) is 2. The normalized spacial score (nSPS) is 12.7. The molecule has 0 bridgehead atoms. The number of aromatic amines is 2. The Labute approximate surface area is 282 Å². The first kappa shape index (κ1) is 32.4. The number of nitrogens with zero attached hydrogens (tertiary/aromatic N) is 2. The van der Waals surface area contributed by atoms with Gasteiger partial charge in [-0.15, -0.1) is 0 Å². The zero-order valence-electron chi connectivity index (χ0n) is 28.3. The summed E-state index contributed by atoms with van der Waals surface area (Å²) in [4.78, 5) is 16.7. The second kappa shape index (κ2) is 15.3. The predicted molar refractivity (Wildman–Crippen MR) is 200 cm³/mol. The Kier molecular flexibility index (Phi) is 10.6. The summed E-state index contributed by atoms with van der Waals surface area (Å²) >= 11 is 0. The first-order valence-corrected chi connectivity index (χ1v) is 17.2. The van der Waals surface area contributed by atoms with E-state index in [9.17, 15) is 0 Å². The van der Waals surface area contributed by atoms with Crippen molar-refractivity contribution in [2.75, 3.05) is 0 Å². The number of hydrogen-bond donors (Lipinski definition) is 2. The lowest BCUT2D eigenvalue weighted by Crippen LogP contribution is -2.23. The summed E-state index contributed by atoms with van der Waals surface area (Å²) in [6.07, 6.45) is 11.2. The molecule has 236 valence electrons. The van der Waals surface area contributed by atoms with E-state index in [0.717, 1.165) is 45.3 Å². The molecule has 0 saturated heterocycles. The third-order valence-electron chi connectivity index (χ3n) is 10.2. The van der Waals surface area contributed by atoms with Gasteiger partial charge in [-0.05, 0) is 72.2 Å². The van der Waals surface area contributed by atoms with Gasteiger partial charge in [-0.25, -0.2) is 9.97 Å². The van der Waals surface area contributed by atoms with Gasteiger partial charge >= 0.3 is 0 Å². The summed E-state index contributed by atoms with van der Waals surface area (Å²) in [5.74, 6) is 3.11. The summed E-state index contributed by atoms with van der Waals surface area (Å²) in [5.41, 5.74) is 10.9. The van der Waals surface area contributed by atoms with Gasteiger partial charge in [0.25, 0.3) is 0 Å². The monoisotopic (exact) mass is 616 g/mol. The highest BCUT2D eigenvalue weighted by Gasteiger charge is 2.32. The van der Waals surface area contributed by atoms with Gasteiger partial charge in [0.2, 0.25) is 0 Å². The minimum Gasteiger partial charge on any atom is -0.349 e. The van der Waals surface area contributed by atoms with E-state index in [0.29, 0.717) is 0 Å². The molecule has 6 heteroatoms. The van der Waals surface area contributed by atoms with Crippen molar-refractivity contribution < 1.29 is 0 Å². The largest absolute Gasteiger partial charge is 0.349 e. The number of imidazole rings is 2.